The third-order valence-corrected chi connectivity index (χ3v) is 6.39. The topological polar surface area (TPSA) is 93.6 Å². The average Bonchev–Trinajstić information content (AvgIpc) is 3.02. The van der Waals surface area contributed by atoms with E-state index in [2.05, 4.69) is 27.8 Å². The molecule has 4 rings (SSSR count). The Morgan fingerprint density at radius 2 is 1.80 bits per heavy atom. The first kappa shape index (κ1) is 21.0. The van der Waals surface area contributed by atoms with Gasteiger partial charge in [0, 0.05) is 19.1 Å². The van der Waals surface area contributed by atoms with E-state index in [0.29, 0.717) is 31.0 Å². The highest BCUT2D eigenvalue weighted by Crippen LogP contribution is 2.36. The van der Waals surface area contributed by atoms with Gasteiger partial charge in [0.2, 0.25) is 5.95 Å². The number of fused-ring (bicyclic) bond motifs is 1. The predicted molar refractivity (Wildman–Crippen MR) is 117 cm³/mol. The summed E-state index contributed by atoms with van der Waals surface area (Å²) in [6.45, 7) is 7.10. The molecule has 1 aliphatic heterocycles. The van der Waals surface area contributed by atoms with Crippen molar-refractivity contribution in [2.24, 2.45) is 0 Å². The highest BCUT2D eigenvalue weighted by Gasteiger charge is 2.28. The van der Waals surface area contributed by atoms with E-state index >= 15 is 0 Å². The van der Waals surface area contributed by atoms with Crippen LogP contribution in [0.25, 0.3) is 11.0 Å². The number of benzene rings is 1. The van der Waals surface area contributed by atoms with E-state index in [0.717, 1.165) is 49.6 Å². The maximum Gasteiger partial charge on any atom is 0.410 e. The van der Waals surface area contributed by atoms with Gasteiger partial charge in [-0.3, -0.25) is 0 Å². The molecule has 3 N–H and O–H groups in total. The zero-order valence-corrected chi connectivity index (χ0v) is 18.3. The molecule has 2 fully saturated rings. The van der Waals surface area contributed by atoms with Crippen LogP contribution in [0.2, 0.25) is 0 Å². The number of amides is 1. The molecule has 1 aromatic heterocycles. The third kappa shape index (κ3) is 4.41. The number of imidazole rings is 1. The van der Waals surface area contributed by atoms with E-state index in [1.54, 1.807) is 0 Å². The second-order valence-corrected chi connectivity index (χ2v) is 9.79. The minimum absolute atomic E-state index is 0.185. The van der Waals surface area contributed by atoms with E-state index in [1.807, 2.05) is 25.7 Å². The standard InChI is InChI=1S/C23H34N4O3/c1-23(2,3)30-22(29)26-12-10-15(11-13-26)16-4-9-20-19(14-16)25-21(24)27(20)17-5-7-18(28)8-6-17/h4,9,14-15,17-18,28H,5-8,10-13H2,1-3H3,(H2,24,25). The van der Waals surface area contributed by atoms with Crippen LogP contribution in [0.3, 0.4) is 0 Å². The molecule has 2 aromatic rings. The van der Waals surface area contributed by atoms with Gasteiger partial charge in [-0.25, -0.2) is 9.78 Å². The molecular weight excluding hydrogens is 380 g/mol. The van der Waals surface area contributed by atoms with Crippen molar-refractivity contribution in [1.82, 2.24) is 14.5 Å². The van der Waals surface area contributed by atoms with E-state index in [4.69, 9.17) is 10.5 Å². The van der Waals surface area contributed by atoms with Crippen LogP contribution < -0.4 is 5.73 Å². The fraction of sp³-hybridized carbons (Fsp3) is 0.652. The molecule has 30 heavy (non-hydrogen) atoms. The smallest absolute Gasteiger partial charge is 0.410 e. The second kappa shape index (κ2) is 8.10. The molecule has 1 aliphatic carbocycles. The quantitative estimate of drug-likeness (QED) is 0.768. The molecule has 0 atom stereocenters. The van der Waals surface area contributed by atoms with Gasteiger partial charge in [0.15, 0.2) is 0 Å². The number of aliphatic hydroxyl groups is 1. The van der Waals surface area contributed by atoms with Crippen molar-refractivity contribution in [3.63, 3.8) is 0 Å². The summed E-state index contributed by atoms with van der Waals surface area (Å²) < 4.78 is 7.65. The van der Waals surface area contributed by atoms with Gasteiger partial charge in [0.05, 0.1) is 17.1 Å². The number of nitrogens with zero attached hydrogens (tertiary/aromatic N) is 3. The molecule has 1 saturated heterocycles. The van der Waals surface area contributed by atoms with Gasteiger partial charge < -0.3 is 25.0 Å². The lowest BCUT2D eigenvalue weighted by Gasteiger charge is -2.33. The van der Waals surface area contributed by atoms with Crippen LogP contribution in [0.15, 0.2) is 18.2 Å². The number of nitrogen functional groups attached to an aromatic ring is 1. The number of nitrogens with two attached hydrogens (primary N) is 1. The Kier molecular flexibility index (Phi) is 5.66. The van der Waals surface area contributed by atoms with Crippen molar-refractivity contribution >= 4 is 23.1 Å². The lowest BCUT2D eigenvalue weighted by Crippen LogP contribution is -2.41. The maximum atomic E-state index is 12.3. The molecule has 0 spiro atoms. The molecule has 164 valence electrons. The molecule has 0 radical (unpaired) electrons. The second-order valence-electron chi connectivity index (χ2n) is 9.79. The minimum atomic E-state index is -0.464. The first-order valence-electron chi connectivity index (χ1n) is 11.1. The molecule has 0 bridgehead atoms. The number of rotatable bonds is 2. The molecule has 1 amide bonds. The Labute approximate surface area is 178 Å². The van der Waals surface area contributed by atoms with Crippen molar-refractivity contribution in [3.8, 4) is 0 Å². The Morgan fingerprint density at radius 3 is 2.43 bits per heavy atom. The van der Waals surface area contributed by atoms with Gasteiger partial charge in [-0.15, -0.1) is 0 Å². The largest absolute Gasteiger partial charge is 0.444 e. The Morgan fingerprint density at radius 1 is 1.13 bits per heavy atom. The van der Waals surface area contributed by atoms with Gasteiger partial charge in [-0.2, -0.15) is 0 Å². The predicted octanol–water partition coefficient (Wildman–Crippen LogP) is 4.21. The number of ether oxygens (including phenoxy) is 1. The monoisotopic (exact) mass is 414 g/mol. The zero-order chi connectivity index (χ0) is 21.5. The summed E-state index contributed by atoms with van der Waals surface area (Å²) in [7, 11) is 0. The fourth-order valence-electron chi connectivity index (χ4n) is 4.81. The molecule has 1 aromatic carbocycles. The normalized spacial score (nSPS) is 23.7. The third-order valence-electron chi connectivity index (χ3n) is 6.39. The van der Waals surface area contributed by atoms with Gasteiger partial charge in [-0.05, 0) is 82.9 Å². The lowest BCUT2D eigenvalue weighted by molar-refractivity contribution is 0.0205. The molecule has 2 heterocycles. The molecular formula is C23H34N4O3. The van der Waals surface area contributed by atoms with Crippen LogP contribution in [0.1, 0.15) is 76.8 Å². The van der Waals surface area contributed by atoms with Gasteiger partial charge in [0.25, 0.3) is 0 Å². The van der Waals surface area contributed by atoms with E-state index in [1.165, 1.54) is 5.56 Å². The Bertz CT molecular complexity index is 901. The number of piperidine rings is 1. The number of anilines is 1. The molecule has 2 aliphatic rings. The van der Waals surface area contributed by atoms with Crippen LogP contribution in [0, 0.1) is 0 Å². The summed E-state index contributed by atoms with van der Waals surface area (Å²) in [5, 5.41) is 9.81. The number of aliphatic hydroxyl groups excluding tert-OH is 1. The lowest BCUT2D eigenvalue weighted by atomic mass is 9.89. The SMILES string of the molecule is CC(C)(C)OC(=O)N1CCC(c2ccc3c(c2)nc(N)n3C2CCC(O)CC2)CC1. The van der Waals surface area contributed by atoms with Crippen molar-refractivity contribution in [1.29, 1.82) is 0 Å². The van der Waals surface area contributed by atoms with Crippen molar-refractivity contribution in [2.45, 2.75) is 83.0 Å². The maximum absolute atomic E-state index is 12.3. The van der Waals surface area contributed by atoms with E-state index in [-0.39, 0.29) is 12.2 Å². The number of likely N-dealkylation sites (tertiary alicyclic amines) is 1. The highest BCUT2D eigenvalue weighted by molar-refractivity contribution is 5.79. The summed E-state index contributed by atoms with van der Waals surface area (Å²) >= 11 is 0. The van der Waals surface area contributed by atoms with Crippen LogP contribution >= 0.6 is 0 Å². The van der Waals surface area contributed by atoms with Crippen LogP contribution in [-0.4, -0.2) is 50.4 Å². The summed E-state index contributed by atoms with van der Waals surface area (Å²) in [4.78, 5) is 18.8. The summed E-state index contributed by atoms with van der Waals surface area (Å²) in [5.41, 5.74) is 9.08. The van der Waals surface area contributed by atoms with E-state index < -0.39 is 5.60 Å². The zero-order valence-electron chi connectivity index (χ0n) is 18.3. The Hall–Kier alpha value is -2.28. The number of hydrogen-bond donors (Lipinski definition) is 2. The van der Waals surface area contributed by atoms with Crippen molar-refractivity contribution in [3.05, 3.63) is 23.8 Å². The van der Waals surface area contributed by atoms with Gasteiger partial charge >= 0.3 is 6.09 Å². The summed E-state index contributed by atoms with van der Waals surface area (Å²) in [6, 6.07) is 6.79. The summed E-state index contributed by atoms with van der Waals surface area (Å²) in [5.74, 6) is 0.965. The molecule has 0 unspecified atom stereocenters. The van der Waals surface area contributed by atoms with Crippen LogP contribution in [-0.2, 0) is 4.74 Å². The van der Waals surface area contributed by atoms with Gasteiger partial charge in [-0.1, -0.05) is 6.07 Å². The van der Waals surface area contributed by atoms with Gasteiger partial charge in [0.1, 0.15) is 5.60 Å². The fourth-order valence-corrected chi connectivity index (χ4v) is 4.81. The number of hydrogen-bond acceptors (Lipinski definition) is 5. The number of aromatic nitrogens is 2. The van der Waals surface area contributed by atoms with Crippen molar-refractivity contribution in [2.75, 3.05) is 18.8 Å². The van der Waals surface area contributed by atoms with Crippen molar-refractivity contribution < 1.29 is 14.6 Å². The number of carbonyl (C=O) groups is 1. The molecule has 7 heteroatoms. The van der Waals surface area contributed by atoms with Crippen LogP contribution in [0.5, 0.6) is 0 Å². The minimum Gasteiger partial charge on any atom is -0.444 e. The summed E-state index contributed by atoms with van der Waals surface area (Å²) in [6.07, 6.45) is 4.93. The first-order valence-corrected chi connectivity index (χ1v) is 11.1. The Balaban J connectivity index is 1.46. The molecule has 7 nitrogen and oxygen atoms in total. The first-order chi connectivity index (χ1) is 14.2. The van der Waals surface area contributed by atoms with Crippen LogP contribution in [0.4, 0.5) is 10.7 Å². The average molecular weight is 415 g/mol. The van der Waals surface area contributed by atoms with E-state index in [9.17, 15) is 9.90 Å². The molecule has 1 saturated carbocycles. The number of carbonyl (C=O) groups excluding carboxylic acids is 1. The highest BCUT2D eigenvalue weighted by atomic mass is 16.6.